The molecule has 2 aliphatic rings. The first-order chi connectivity index (χ1) is 12.1. The predicted molar refractivity (Wildman–Crippen MR) is 122 cm³/mol. The molecule has 3 rings (SSSR count). The van der Waals surface area contributed by atoms with E-state index in [1.807, 2.05) is 30.9 Å². The molecule has 2 heterocycles. The van der Waals surface area contributed by atoms with Gasteiger partial charge in [-0.1, -0.05) is 23.7 Å². The topological polar surface area (TPSA) is 51.1 Å². The Morgan fingerprint density at radius 1 is 1.27 bits per heavy atom. The van der Waals surface area contributed by atoms with Crippen molar-refractivity contribution in [3.8, 4) is 0 Å². The molecule has 1 atom stereocenters. The van der Waals surface area contributed by atoms with E-state index in [1.165, 1.54) is 5.56 Å². The molecule has 0 spiro atoms. The van der Waals surface area contributed by atoms with E-state index >= 15 is 0 Å². The molecule has 0 amide bonds. The molecule has 146 valence electrons. The van der Waals surface area contributed by atoms with Crippen molar-refractivity contribution in [1.82, 2.24) is 15.1 Å². The summed E-state index contributed by atoms with van der Waals surface area (Å²) in [6.07, 6.45) is 0.858. The maximum Gasteiger partial charge on any atom is 0.193 e. The Kier molecular flexibility index (Phi) is 8.79. The molecule has 2 N–H and O–H groups in total. The summed E-state index contributed by atoms with van der Waals surface area (Å²) >= 11 is 7.77. The van der Waals surface area contributed by atoms with Crippen LogP contribution in [0, 0.1) is 0 Å². The van der Waals surface area contributed by atoms with Crippen LogP contribution in [0.3, 0.4) is 0 Å². The van der Waals surface area contributed by atoms with Gasteiger partial charge >= 0.3 is 0 Å². The summed E-state index contributed by atoms with van der Waals surface area (Å²) in [5.74, 6) is 2.75. The van der Waals surface area contributed by atoms with Gasteiger partial charge in [0.2, 0.25) is 0 Å². The van der Waals surface area contributed by atoms with E-state index < -0.39 is 5.60 Å². The number of halogens is 2. The lowest BCUT2D eigenvalue weighted by Crippen LogP contribution is -2.54. The fourth-order valence-electron chi connectivity index (χ4n) is 3.28. The van der Waals surface area contributed by atoms with Gasteiger partial charge in [0.1, 0.15) is 0 Å². The van der Waals surface area contributed by atoms with E-state index in [0.717, 1.165) is 61.6 Å². The number of rotatable bonds is 4. The summed E-state index contributed by atoms with van der Waals surface area (Å²) in [6, 6.07) is 8.08. The lowest BCUT2D eigenvalue weighted by Gasteiger charge is -2.37. The fourth-order valence-corrected chi connectivity index (χ4v) is 4.70. The van der Waals surface area contributed by atoms with Crippen molar-refractivity contribution >= 4 is 53.3 Å². The number of hydrogen-bond acceptors (Lipinski definition) is 4. The van der Waals surface area contributed by atoms with Gasteiger partial charge in [-0.05, 0) is 29.9 Å². The van der Waals surface area contributed by atoms with Gasteiger partial charge in [-0.25, -0.2) is 0 Å². The third kappa shape index (κ3) is 6.15. The molecule has 2 aliphatic heterocycles. The molecule has 0 aliphatic carbocycles. The van der Waals surface area contributed by atoms with E-state index in [1.54, 1.807) is 0 Å². The second-order valence-corrected chi connectivity index (χ2v) is 8.36. The molecule has 0 aromatic heterocycles. The number of aliphatic imine (C=N–C) groups is 1. The zero-order chi connectivity index (χ0) is 17.7. The molecular formula is C18H28ClIN4OS. The van der Waals surface area contributed by atoms with Crippen LogP contribution in [0.4, 0.5) is 0 Å². The van der Waals surface area contributed by atoms with E-state index in [-0.39, 0.29) is 24.0 Å². The minimum atomic E-state index is -0.586. The molecule has 0 saturated carbocycles. The molecule has 0 radical (unpaired) electrons. The Balaban J connectivity index is 0.00000243. The van der Waals surface area contributed by atoms with Crippen molar-refractivity contribution < 1.29 is 5.11 Å². The first-order valence-electron chi connectivity index (χ1n) is 8.80. The zero-order valence-corrected chi connectivity index (χ0v) is 19.1. The second kappa shape index (κ2) is 10.4. The Morgan fingerprint density at radius 3 is 2.54 bits per heavy atom. The van der Waals surface area contributed by atoms with Gasteiger partial charge in [-0.15, -0.1) is 24.0 Å². The highest BCUT2D eigenvalue weighted by Gasteiger charge is 2.32. The average molecular weight is 511 g/mol. The minimum absolute atomic E-state index is 0. The maximum atomic E-state index is 10.5. The van der Waals surface area contributed by atoms with Gasteiger partial charge in [-0.3, -0.25) is 9.89 Å². The SMILES string of the molecule is CN=C(NCC1(O)CCSC1)N1CCN(Cc2ccc(Cl)cc2)CC1.I. The van der Waals surface area contributed by atoms with Crippen molar-refractivity contribution in [3.05, 3.63) is 34.9 Å². The van der Waals surface area contributed by atoms with Crippen molar-refractivity contribution in [2.75, 3.05) is 51.3 Å². The van der Waals surface area contributed by atoms with Gasteiger partial charge in [-0.2, -0.15) is 11.8 Å². The average Bonchev–Trinajstić information content (AvgIpc) is 3.06. The summed E-state index contributed by atoms with van der Waals surface area (Å²) < 4.78 is 0. The Bertz CT molecular complexity index is 587. The van der Waals surface area contributed by atoms with Gasteiger partial charge in [0, 0.05) is 57.1 Å². The Morgan fingerprint density at radius 2 is 1.96 bits per heavy atom. The summed E-state index contributed by atoms with van der Waals surface area (Å²) in [5.41, 5.74) is 0.707. The molecule has 5 nitrogen and oxygen atoms in total. The lowest BCUT2D eigenvalue weighted by atomic mass is 10.0. The lowest BCUT2D eigenvalue weighted by molar-refractivity contribution is 0.0711. The van der Waals surface area contributed by atoms with Crippen LogP contribution in [0.25, 0.3) is 0 Å². The molecule has 2 saturated heterocycles. The van der Waals surface area contributed by atoms with E-state index in [0.29, 0.717) is 6.54 Å². The molecule has 1 aromatic rings. The van der Waals surface area contributed by atoms with Crippen LogP contribution in [0.2, 0.25) is 5.02 Å². The number of guanidine groups is 1. The van der Waals surface area contributed by atoms with Crippen LogP contribution in [0.5, 0.6) is 0 Å². The zero-order valence-electron chi connectivity index (χ0n) is 15.2. The smallest absolute Gasteiger partial charge is 0.193 e. The minimum Gasteiger partial charge on any atom is -0.387 e. The highest BCUT2D eigenvalue weighted by molar-refractivity contribution is 14.0. The van der Waals surface area contributed by atoms with E-state index in [9.17, 15) is 5.11 Å². The number of aliphatic hydroxyl groups is 1. The molecular weight excluding hydrogens is 483 g/mol. The van der Waals surface area contributed by atoms with Gasteiger partial charge < -0.3 is 15.3 Å². The number of hydrogen-bond donors (Lipinski definition) is 2. The van der Waals surface area contributed by atoms with Crippen molar-refractivity contribution in [2.24, 2.45) is 4.99 Å². The number of thioether (sulfide) groups is 1. The molecule has 1 unspecified atom stereocenters. The monoisotopic (exact) mass is 510 g/mol. The van der Waals surface area contributed by atoms with Crippen LogP contribution >= 0.6 is 47.3 Å². The number of piperazine rings is 1. The first kappa shape index (κ1) is 22.1. The third-order valence-electron chi connectivity index (χ3n) is 4.86. The summed E-state index contributed by atoms with van der Waals surface area (Å²) in [6.45, 7) is 5.43. The molecule has 8 heteroatoms. The van der Waals surface area contributed by atoms with E-state index in [4.69, 9.17) is 11.6 Å². The number of nitrogens with zero attached hydrogens (tertiary/aromatic N) is 3. The van der Waals surface area contributed by atoms with Gasteiger partial charge in [0.05, 0.1) is 5.60 Å². The number of nitrogens with one attached hydrogen (secondary N) is 1. The van der Waals surface area contributed by atoms with Crippen molar-refractivity contribution in [3.63, 3.8) is 0 Å². The molecule has 1 aromatic carbocycles. The standard InChI is InChI=1S/C18H27ClN4OS.HI/c1-20-17(21-13-18(24)6-11-25-14-18)23-9-7-22(8-10-23)12-15-2-4-16(19)5-3-15;/h2-5,24H,6-14H2,1H3,(H,20,21);1H. The van der Waals surface area contributed by atoms with Gasteiger partial charge in [0.25, 0.3) is 0 Å². The normalized spacial score (nSPS) is 24.4. The Labute approximate surface area is 182 Å². The van der Waals surface area contributed by atoms with Crippen molar-refractivity contribution in [1.29, 1.82) is 0 Å². The van der Waals surface area contributed by atoms with Crippen LogP contribution in [-0.4, -0.2) is 77.7 Å². The molecule has 2 fully saturated rings. The van der Waals surface area contributed by atoms with E-state index in [2.05, 4.69) is 32.2 Å². The highest BCUT2D eigenvalue weighted by Crippen LogP contribution is 2.27. The van der Waals surface area contributed by atoms with Crippen molar-refractivity contribution in [2.45, 2.75) is 18.6 Å². The second-order valence-electron chi connectivity index (χ2n) is 6.82. The predicted octanol–water partition coefficient (Wildman–Crippen LogP) is 2.52. The largest absolute Gasteiger partial charge is 0.387 e. The first-order valence-corrected chi connectivity index (χ1v) is 10.3. The van der Waals surface area contributed by atoms with Crippen LogP contribution in [0.1, 0.15) is 12.0 Å². The quantitative estimate of drug-likeness (QED) is 0.370. The molecule has 0 bridgehead atoms. The number of benzene rings is 1. The van der Waals surface area contributed by atoms with Gasteiger partial charge in [0.15, 0.2) is 5.96 Å². The molecule has 26 heavy (non-hydrogen) atoms. The summed E-state index contributed by atoms with van der Waals surface area (Å²) in [4.78, 5) is 9.14. The van der Waals surface area contributed by atoms with Crippen LogP contribution in [0.15, 0.2) is 29.3 Å². The maximum absolute atomic E-state index is 10.5. The highest BCUT2D eigenvalue weighted by atomic mass is 127. The Hall–Kier alpha value is -0.220. The summed E-state index contributed by atoms with van der Waals surface area (Å²) in [5, 5.41) is 14.6. The summed E-state index contributed by atoms with van der Waals surface area (Å²) in [7, 11) is 1.82. The fraction of sp³-hybridized carbons (Fsp3) is 0.611. The third-order valence-corrected chi connectivity index (χ3v) is 6.35. The van der Waals surface area contributed by atoms with Crippen LogP contribution in [-0.2, 0) is 6.54 Å². The van der Waals surface area contributed by atoms with Crippen LogP contribution < -0.4 is 5.32 Å².